The van der Waals surface area contributed by atoms with Crippen LogP contribution in [-0.2, 0) is 7.05 Å². The Balaban J connectivity index is 2.77. The van der Waals surface area contributed by atoms with Crippen molar-refractivity contribution in [3.8, 4) is 0 Å². The Morgan fingerprint density at radius 2 is 2.08 bits per heavy atom. The molecule has 1 aromatic carbocycles. The Labute approximate surface area is 77.6 Å². The number of aryl methyl sites for hydroxylation is 1. The van der Waals surface area contributed by atoms with Gasteiger partial charge in [-0.1, -0.05) is 6.07 Å². The number of rotatable bonds is 1. The molecule has 0 spiro atoms. The lowest BCUT2D eigenvalue weighted by Gasteiger charge is -2.12. The van der Waals surface area contributed by atoms with E-state index in [1.165, 1.54) is 5.52 Å². The molecule has 0 N–H and O–H groups in total. The number of hydrogen-bond acceptors (Lipinski definition) is 2. The third-order valence-electron chi connectivity index (χ3n) is 2.22. The minimum Gasteiger partial charge on any atom is -0.376 e. The topological polar surface area (TPSA) is 21.1 Å². The van der Waals surface area contributed by atoms with E-state index in [0.717, 1.165) is 11.2 Å². The molecule has 0 radical (unpaired) electrons. The van der Waals surface area contributed by atoms with Crippen molar-refractivity contribution >= 4 is 16.7 Å². The summed E-state index contributed by atoms with van der Waals surface area (Å²) in [6.45, 7) is 0. The summed E-state index contributed by atoms with van der Waals surface area (Å²) in [7, 11) is 6.07. The molecular formula is C10H13N3. The number of hydrogen-bond donors (Lipinski definition) is 0. The van der Waals surface area contributed by atoms with Gasteiger partial charge in [0.05, 0.1) is 17.5 Å². The lowest BCUT2D eigenvalue weighted by molar-refractivity contribution is 0.948. The Morgan fingerprint density at radius 3 is 2.77 bits per heavy atom. The van der Waals surface area contributed by atoms with Crippen LogP contribution in [-0.4, -0.2) is 23.6 Å². The summed E-state index contributed by atoms with van der Waals surface area (Å²) in [5.74, 6) is 0. The third-order valence-corrected chi connectivity index (χ3v) is 2.22. The fourth-order valence-electron chi connectivity index (χ4n) is 1.50. The highest BCUT2D eigenvalue weighted by atomic mass is 15.1. The van der Waals surface area contributed by atoms with Crippen LogP contribution in [0, 0.1) is 0 Å². The zero-order chi connectivity index (χ0) is 9.42. The molecule has 0 aliphatic heterocycles. The first kappa shape index (κ1) is 8.10. The summed E-state index contributed by atoms with van der Waals surface area (Å²) in [6, 6.07) is 6.21. The maximum atomic E-state index is 4.36. The van der Waals surface area contributed by atoms with Gasteiger partial charge in [0.15, 0.2) is 0 Å². The standard InChI is InChI=1S/C10H13N3/c1-12(2)8-5-4-6-9-10(8)11-7-13(9)3/h4-7H,1-3H3. The van der Waals surface area contributed by atoms with Crippen LogP contribution >= 0.6 is 0 Å². The summed E-state index contributed by atoms with van der Waals surface area (Å²) in [4.78, 5) is 6.44. The van der Waals surface area contributed by atoms with Crippen LogP contribution in [0.3, 0.4) is 0 Å². The second-order valence-electron chi connectivity index (χ2n) is 3.39. The predicted octanol–water partition coefficient (Wildman–Crippen LogP) is 1.64. The predicted molar refractivity (Wildman–Crippen MR) is 55.0 cm³/mol. The Bertz CT molecular complexity index is 429. The van der Waals surface area contributed by atoms with Crippen LogP contribution in [0.4, 0.5) is 5.69 Å². The first-order valence-electron chi connectivity index (χ1n) is 4.27. The largest absolute Gasteiger partial charge is 0.376 e. The zero-order valence-electron chi connectivity index (χ0n) is 8.15. The molecule has 3 heteroatoms. The van der Waals surface area contributed by atoms with E-state index < -0.39 is 0 Å². The smallest absolute Gasteiger partial charge is 0.112 e. The van der Waals surface area contributed by atoms with Gasteiger partial charge in [-0.2, -0.15) is 0 Å². The van der Waals surface area contributed by atoms with E-state index in [1.807, 2.05) is 32.0 Å². The fourth-order valence-corrected chi connectivity index (χ4v) is 1.50. The van der Waals surface area contributed by atoms with Gasteiger partial charge in [-0.15, -0.1) is 0 Å². The quantitative estimate of drug-likeness (QED) is 0.657. The van der Waals surface area contributed by atoms with E-state index in [2.05, 4.69) is 28.1 Å². The molecule has 2 rings (SSSR count). The van der Waals surface area contributed by atoms with E-state index in [0.29, 0.717) is 0 Å². The molecule has 0 atom stereocenters. The highest BCUT2D eigenvalue weighted by Crippen LogP contribution is 2.22. The van der Waals surface area contributed by atoms with E-state index in [1.54, 1.807) is 0 Å². The van der Waals surface area contributed by atoms with E-state index in [4.69, 9.17) is 0 Å². The molecular weight excluding hydrogens is 162 g/mol. The number of nitrogens with zero attached hydrogens (tertiary/aromatic N) is 3. The Hall–Kier alpha value is -1.51. The molecule has 0 fully saturated rings. The number of imidazole rings is 1. The second kappa shape index (κ2) is 2.76. The van der Waals surface area contributed by atoms with Gasteiger partial charge >= 0.3 is 0 Å². The summed E-state index contributed by atoms with van der Waals surface area (Å²) >= 11 is 0. The van der Waals surface area contributed by atoms with Crippen LogP contribution in [0.1, 0.15) is 0 Å². The molecule has 13 heavy (non-hydrogen) atoms. The number of fused-ring (bicyclic) bond motifs is 1. The second-order valence-corrected chi connectivity index (χ2v) is 3.39. The highest BCUT2D eigenvalue weighted by Gasteiger charge is 2.05. The molecule has 3 nitrogen and oxygen atoms in total. The maximum Gasteiger partial charge on any atom is 0.112 e. The van der Waals surface area contributed by atoms with Gasteiger partial charge in [-0.25, -0.2) is 4.98 Å². The number of anilines is 1. The van der Waals surface area contributed by atoms with E-state index in [-0.39, 0.29) is 0 Å². The van der Waals surface area contributed by atoms with Crippen LogP contribution in [0.2, 0.25) is 0 Å². The summed E-state index contributed by atoms with van der Waals surface area (Å²) < 4.78 is 2.03. The average Bonchev–Trinajstić information content (AvgIpc) is 2.48. The van der Waals surface area contributed by atoms with Crippen LogP contribution in [0.5, 0.6) is 0 Å². The van der Waals surface area contributed by atoms with Crippen LogP contribution in [0.25, 0.3) is 11.0 Å². The SMILES string of the molecule is CN(C)c1cccc2c1ncn2C. The van der Waals surface area contributed by atoms with Gasteiger partial charge in [-0.3, -0.25) is 0 Å². The Kier molecular flexibility index (Phi) is 1.72. The molecule has 1 aromatic heterocycles. The molecule has 0 saturated carbocycles. The highest BCUT2D eigenvalue weighted by molar-refractivity contribution is 5.88. The van der Waals surface area contributed by atoms with Crippen molar-refractivity contribution in [2.24, 2.45) is 7.05 Å². The van der Waals surface area contributed by atoms with Crippen LogP contribution < -0.4 is 4.90 Å². The normalized spacial score (nSPS) is 10.7. The van der Waals surface area contributed by atoms with Gasteiger partial charge in [0, 0.05) is 21.1 Å². The summed E-state index contributed by atoms with van der Waals surface area (Å²) in [5.41, 5.74) is 3.40. The lowest BCUT2D eigenvalue weighted by atomic mass is 10.2. The van der Waals surface area contributed by atoms with Gasteiger partial charge in [0.1, 0.15) is 5.52 Å². The molecule has 0 bridgehead atoms. The first-order valence-corrected chi connectivity index (χ1v) is 4.27. The van der Waals surface area contributed by atoms with Gasteiger partial charge < -0.3 is 9.47 Å². The summed E-state index contributed by atoms with van der Waals surface area (Å²) in [6.07, 6.45) is 1.84. The molecule has 0 unspecified atom stereocenters. The Morgan fingerprint density at radius 1 is 1.31 bits per heavy atom. The number of benzene rings is 1. The van der Waals surface area contributed by atoms with Gasteiger partial charge in [-0.05, 0) is 12.1 Å². The third kappa shape index (κ3) is 1.16. The van der Waals surface area contributed by atoms with Crippen molar-refractivity contribution in [1.82, 2.24) is 9.55 Å². The molecule has 2 aromatic rings. The van der Waals surface area contributed by atoms with Gasteiger partial charge in [0.25, 0.3) is 0 Å². The van der Waals surface area contributed by atoms with Crippen molar-refractivity contribution < 1.29 is 0 Å². The lowest BCUT2D eigenvalue weighted by Crippen LogP contribution is -2.08. The fraction of sp³-hybridized carbons (Fsp3) is 0.300. The van der Waals surface area contributed by atoms with E-state index in [9.17, 15) is 0 Å². The van der Waals surface area contributed by atoms with Crippen molar-refractivity contribution in [2.45, 2.75) is 0 Å². The first-order chi connectivity index (χ1) is 6.20. The molecule has 0 amide bonds. The minimum atomic E-state index is 1.06. The van der Waals surface area contributed by atoms with E-state index >= 15 is 0 Å². The molecule has 1 heterocycles. The molecule has 68 valence electrons. The maximum absolute atomic E-state index is 4.36. The van der Waals surface area contributed by atoms with Crippen molar-refractivity contribution in [1.29, 1.82) is 0 Å². The van der Waals surface area contributed by atoms with Crippen molar-refractivity contribution in [3.05, 3.63) is 24.5 Å². The molecule has 0 saturated heterocycles. The van der Waals surface area contributed by atoms with Gasteiger partial charge in [0.2, 0.25) is 0 Å². The van der Waals surface area contributed by atoms with Crippen molar-refractivity contribution in [2.75, 3.05) is 19.0 Å². The number of aromatic nitrogens is 2. The summed E-state index contributed by atoms with van der Waals surface area (Å²) in [5, 5.41) is 0. The molecule has 0 aliphatic carbocycles. The zero-order valence-corrected chi connectivity index (χ0v) is 8.15. The number of para-hydroxylation sites is 1. The van der Waals surface area contributed by atoms with Crippen LogP contribution in [0.15, 0.2) is 24.5 Å². The molecule has 0 aliphatic rings. The monoisotopic (exact) mass is 175 g/mol. The van der Waals surface area contributed by atoms with Crippen molar-refractivity contribution in [3.63, 3.8) is 0 Å². The average molecular weight is 175 g/mol. The minimum absolute atomic E-state index is 1.06.